The minimum Gasteiger partial charge on any atom is -0.494 e. The lowest BCUT2D eigenvalue weighted by Gasteiger charge is -2.07. The Kier molecular flexibility index (Phi) is 5.56. The molecule has 0 saturated heterocycles. The Labute approximate surface area is 96.2 Å². The van der Waals surface area contributed by atoms with Gasteiger partial charge in [-0.2, -0.15) is 0 Å². The van der Waals surface area contributed by atoms with E-state index in [0.29, 0.717) is 30.8 Å². The zero-order valence-corrected chi connectivity index (χ0v) is 10.1. The number of rotatable bonds is 7. The first kappa shape index (κ1) is 12.7. The molecule has 0 atom stereocenters. The van der Waals surface area contributed by atoms with Crippen LogP contribution < -0.4 is 10.1 Å². The largest absolute Gasteiger partial charge is 0.494 e. The van der Waals surface area contributed by atoms with Gasteiger partial charge < -0.3 is 14.8 Å². The minimum absolute atomic E-state index is 0.567. The van der Waals surface area contributed by atoms with Gasteiger partial charge in [0.15, 0.2) is 5.75 Å². The molecule has 0 aliphatic rings. The summed E-state index contributed by atoms with van der Waals surface area (Å²) in [5, 5.41) is 3.07. The summed E-state index contributed by atoms with van der Waals surface area (Å²) in [6.45, 7) is 6.40. The topological polar surface area (TPSA) is 56.3 Å². The van der Waals surface area contributed by atoms with E-state index in [0.717, 1.165) is 6.61 Å². The Morgan fingerprint density at radius 2 is 2.00 bits per heavy atom. The van der Waals surface area contributed by atoms with E-state index < -0.39 is 0 Å². The third-order valence-corrected chi connectivity index (χ3v) is 1.84. The van der Waals surface area contributed by atoms with Crippen molar-refractivity contribution < 1.29 is 9.47 Å². The smallest absolute Gasteiger partial charge is 0.222 e. The lowest BCUT2D eigenvalue weighted by Crippen LogP contribution is -2.13. The van der Waals surface area contributed by atoms with Crippen LogP contribution in [0.25, 0.3) is 0 Å². The maximum absolute atomic E-state index is 5.42. The van der Waals surface area contributed by atoms with Gasteiger partial charge in [0.05, 0.1) is 26.1 Å². The molecule has 0 saturated carbocycles. The maximum atomic E-state index is 5.42. The average Bonchev–Trinajstić information content (AvgIpc) is 2.29. The van der Waals surface area contributed by atoms with Gasteiger partial charge in [-0.3, -0.25) is 0 Å². The number of nitrogens with zero attached hydrogens (tertiary/aromatic N) is 2. The van der Waals surface area contributed by atoms with E-state index in [4.69, 9.17) is 9.47 Å². The summed E-state index contributed by atoms with van der Waals surface area (Å²) >= 11 is 0. The van der Waals surface area contributed by atoms with E-state index in [1.54, 1.807) is 19.5 Å². The molecule has 1 N–H and O–H groups in total. The van der Waals surface area contributed by atoms with Crippen molar-refractivity contribution in [3.8, 4) is 5.75 Å². The molecule has 1 rings (SSSR count). The lowest BCUT2D eigenvalue weighted by molar-refractivity contribution is 0.118. The Morgan fingerprint density at radius 3 is 2.56 bits per heavy atom. The second-order valence-electron chi connectivity index (χ2n) is 3.84. The van der Waals surface area contributed by atoms with Crippen LogP contribution in [-0.4, -0.2) is 36.8 Å². The van der Waals surface area contributed by atoms with Crippen molar-refractivity contribution in [1.82, 2.24) is 9.97 Å². The number of ether oxygens (including phenoxy) is 2. The average molecular weight is 225 g/mol. The standard InChI is InChI=1S/C11H19N3O2/c1-9(2)8-16-5-4-12-11-13-6-10(15-3)7-14-11/h6-7,9H,4-5,8H2,1-3H3,(H,12,13,14). The molecule has 0 spiro atoms. The normalized spacial score (nSPS) is 10.5. The molecule has 0 unspecified atom stereocenters. The van der Waals surface area contributed by atoms with Crippen LogP contribution in [-0.2, 0) is 4.74 Å². The van der Waals surface area contributed by atoms with Gasteiger partial charge in [0.1, 0.15) is 0 Å². The van der Waals surface area contributed by atoms with E-state index in [-0.39, 0.29) is 0 Å². The van der Waals surface area contributed by atoms with E-state index in [1.807, 2.05) is 0 Å². The van der Waals surface area contributed by atoms with Crippen LogP contribution in [0.15, 0.2) is 12.4 Å². The second kappa shape index (κ2) is 7.00. The highest BCUT2D eigenvalue weighted by atomic mass is 16.5. The van der Waals surface area contributed by atoms with Gasteiger partial charge in [0.2, 0.25) is 5.95 Å². The third kappa shape index (κ3) is 4.93. The second-order valence-corrected chi connectivity index (χ2v) is 3.84. The number of hydrogen-bond acceptors (Lipinski definition) is 5. The van der Waals surface area contributed by atoms with Crippen LogP contribution in [0.5, 0.6) is 5.75 Å². The van der Waals surface area contributed by atoms with E-state index in [1.165, 1.54) is 0 Å². The number of aromatic nitrogens is 2. The fraction of sp³-hybridized carbons (Fsp3) is 0.636. The van der Waals surface area contributed by atoms with Gasteiger partial charge in [-0.05, 0) is 5.92 Å². The van der Waals surface area contributed by atoms with Gasteiger partial charge in [0.25, 0.3) is 0 Å². The fourth-order valence-electron chi connectivity index (χ4n) is 1.07. The summed E-state index contributed by atoms with van der Waals surface area (Å²) in [6.07, 6.45) is 3.26. The quantitative estimate of drug-likeness (QED) is 0.714. The summed E-state index contributed by atoms with van der Waals surface area (Å²) in [5.74, 6) is 1.81. The number of methoxy groups -OCH3 is 1. The molecule has 0 radical (unpaired) electrons. The molecule has 1 heterocycles. The highest BCUT2D eigenvalue weighted by Crippen LogP contribution is 2.06. The minimum atomic E-state index is 0.567. The monoisotopic (exact) mass is 225 g/mol. The van der Waals surface area contributed by atoms with Crippen molar-refractivity contribution >= 4 is 5.95 Å². The molecule has 0 aliphatic heterocycles. The van der Waals surface area contributed by atoms with Gasteiger partial charge in [0, 0.05) is 13.2 Å². The SMILES string of the molecule is COc1cnc(NCCOCC(C)C)nc1. The molecular formula is C11H19N3O2. The number of anilines is 1. The third-order valence-electron chi connectivity index (χ3n) is 1.84. The van der Waals surface area contributed by atoms with Crippen molar-refractivity contribution in [2.24, 2.45) is 5.92 Å². The van der Waals surface area contributed by atoms with Crippen LogP contribution in [0.2, 0.25) is 0 Å². The molecular weight excluding hydrogens is 206 g/mol. The lowest BCUT2D eigenvalue weighted by atomic mass is 10.2. The summed E-state index contributed by atoms with van der Waals surface area (Å²) < 4.78 is 10.4. The van der Waals surface area contributed by atoms with Crippen molar-refractivity contribution in [2.75, 3.05) is 32.2 Å². The van der Waals surface area contributed by atoms with Gasteiger partial charge >= 0.3 is 0 Å². The van der Waals surface area contributed by atoms with E-state index >= 15 is 0 Å². The maximum Gasteiger partial charge on any atom is 0.222 e. The van der Waals surface area contributed by atoms with E-state index in [9.17, 15) is 0 Å². The molecule has 1 aromatic rings. The number of hydrogen-bond donors (Lipinski definition) is 1. The highest BCUT2D eigenvalue weighted by molar-refractivity contribution is 5.26. The van der Waals surface area contributed by atoms with Crippen LogP contribution in [0.3, 0.4) is 0 Å². The first-order valence-electron chi connectivity index (χ1n) is 5.40. The van der Waals surface area contributed by atoms with Gasteiger partial charge in [-0.1, -0.05) is 13.8 Å². The molecule has 0 fully saturated rings. The molecule has 90 valence electrons. The molecule has 0 aliphatic carbocycles. The predicted octanol–water partition coefficient (Wildman–Crippen LogP) is 1.57. The van der Waals surface area contributed by atoms with E-state index in [2.05, 4.69) is 29.1 Å². The Balaban J connectivity index is 2.16. The molecule has 1 aromatic heterocycles. The Hall–Kier alpha value is -1.36. The van der Waals surface area contributed by atoms with Crippen LogP contribution >= 0.6 is 0 Å². The van der Waals surface area contributed by atoms with Crippen molar-refractivity contribution in [2.45, 2.75) is 13.8 Å². The van der Waals surface area contributed by atoms with Crippen molar-refractivity contribution in [1.29, 1.82) is 0 Å². The van der Waals surface area contributed by atoms with Crippen LogP contribution in [0.4, 0.5) is 5.95 Å². The van der Waals surface area contributed by atoms with Gasteiger partial charge in [-0.25, -0.2) is 9.97 Å². The van der Waals surface area contributed by atoms with Crippen LogP contribution in [0.1, 0.15) is 13.8 Å². The zero-order chi connectivity index (χ0) is 11.8. The van der Waals surface area contributed by atoms with Crippen LogP contribution in [0, 0.1) is 5.92 Å². The van der Waals surface area contributed by atoms with Crippen molar-refractivity contribution in [3.05, 3.63) is 12.4 Å². The fourth-order valence-corrected chi connectivity index (χ4v) is 1.07. The van der Waals surface area contributed by atoms with Gasteiger partial charge in [-0.15, -0.1) is 0 Å². The summed E-state index contributed by atoms with van der Waals surface area (Å²) in [7, 11) is 1.59. The predicted molar refractivity (Wildman–Crippen MR) is 62.7 cm³/mol. The molecule has 16 heavy (non-hydrogen) atoms. The Morgan fingerprint density at radius 1 is 1.31 bits per heavy atom. The summed E-state index contributed by atoms with van der Waals surface area (Å²) in [5.41, 5.74) is 0. The molecule has 0 amide bonds. The zero-order valence-electron chi connectivity index (χ0n) is 10.1. The molecule has 5 nitrogen and oxygen atoms in total. The Bertz CT molecular complexity index is 288. The highest BCUT2D eigenvalue weighted by Gasteiger charge is 1.97. The first-order chi connectivity index (χ1) is 7.72. The first-order valence-corrected chi connectivity index (χ1v) is 5.40. The van der Waals surface area contributed by atoms with Crippen molar-refractivity contribution in [3.63, 3.8) is 0 Å². The molecule has 5 heteroatoms. The number of nitrogens with one attached hydrogen (secondary N) is 1. The molecule has 0 bridgehead atoms. The summed E-state index contributed by atoms with van der Waals surface area (Å²) in [4.78, 5) is 8.16. The molecule has 0 aromatic carbocycles. The summed E-state index contributed by atoms with van der Waals surface area (Å²) in [6, 6.07) is 0.